The van der Waals surface area contributed by atoms with Crippen LogP contribution in [0.3, 0.4) is 0 Å². The molecule has 2 rings (SSSR count). The number of esters is 1. The quantitative estimate of drug-likeness (QED) is 0.832. The van der Waals surface area contributed by atoms with E-state index in [0.29, 0.717) is 5.69 Å². The minimum absolute atomic E-state index is 0.156. The van der Waals surface area contributed by atoms with Gasteiger partial charge in [0.05, 0.1) is 6.42 Å². The van der Waals surface area contributed by atoms with Gasteiger partial charge in [-0.1, -0.05) is 49.4 Å². The van der Waals surface area contributed by atoms with E-state index in [2.05, 4.69) is 12.2 Å². The molecule has 0 aliphatic carbocycles. The highest BCUT2D eigenvalue weighted by molar-refractivity contribution is 5.95. The van der Waals surface area contributed by atoms with Crippen molar-refractivity contribution < 1.29 is 14.3 Å². The van der Waals surface area contributed by atoms with Crippen LogP contribution in [-0.2, 0) is 27.2 Å². The summed E-state index contributed by atoms with van der Waals surface area (Å²) < 4.78 is 5.18. The molecule has 23 heavy (non-hydrogen) atoms. The molecule has 0 saturated carbocycles. The van der Waals surface area contributed by atoms with E-state index >= 15 is 0 Å². The molecule has 0 spiro atoms. The SMILES string of the molecule is CCc1ccc(NC(=O)[C@@H](C)OC(=O)Cc2ccccc2)cc1. The van der Waals surface area contributed by atoms with Gasteiger partial charge in [-0.2, -0.15) is 0 Å². The first-order valence-corrected chi connectivity index (χ1v) is 7.71. The maximum Gasteiger partial charge on any atom is 0.311 e. The highest BCUT2D eigenvalue weighted by Crippen LogP contribution is 2.11. The summed E-state index contributed by atoms with van der Waals surface area (Å²) in [4.78, 5) is 23.9. The summed E-state index contributed by atoms with van der Waals surface area (Å²) in [6, 6.07) is 16.9. The van der Waals surface area contributed by atoms with E-state index in [1.54, 1.807) is 6.92 Å². The van der Waals surface area contributed by atoms with Crippen LogP contribution in [0.2, 0.25) is 0 Å². The average Bonchev–Trinajstić information content (AvgIpc) is 2.56. The third-order valence-corrected chi connectivity index (χ3v) is 3.50. The molecule has 0 radical (unpaired) electrons. The molecule has 0 saturated heterocycles. The summed E-state index contributed by atoms with van der Waals surface area (Å²) in [6.45, 7) is 3.64. The zero-order valence-corrected chi connectivity index (χ0v) is 13.4. The van der Waals surface area contributed by atoms with Crippen LogP contribution in [0.5, 0.6) is 0 Å². The smallest absolute Gasteiger partial charge is 0.311 e. The number of carbonyl (C=O) groups is 2. The van der Waals surface area contributed by atoms with Crippen LogP contribution in [0.4, 0.5) is 5.69 Å². The normalized spacial score (nSPS) is 11.6. The molecule has 0 fully saturated rings. The third-order valence-electron chi connectivity index (χ3n) is 3.50. The number of rotatable bonds is 6. The van der Waals surface area contributed by atoms with Crippen LogP contribution in [0.1, 0.15) is 25.0 Å². The molecular formula is C19H21NO3. The largest absolute Gasteiger partial charge is 0.452 e. The van der Waals surface area contributed by atoms with Gasteiger partial charge in [-0.3, -0.25) is 9.59 Å². The van der Waals surface area contributed by atoms with Gasteiger partial charge in [0.25, 0.3) is 5.91 Å². The molecule has 0 aromatic heterocycles. The van der Waals surface area contributed by atoms with Gasteiger partial charge in [-0.15, -0.1) is 0 Å². The van der Waals surface area contributed by atoms with Crippen LogP contribution in [0.15, 0.2) is 54.6 Å². The lowest BCUT2D eigenvalue weighted by molar-refractivity contribution is -0.152. The number of anilines is 1. The maximum absolute atomic E-state index is 12.1. The Morgan fingerprint density at radius 1 is 1.00 bits per heavy atom. The van der Waals surface area contributed by atoms with E-state index in [4.69, 9.17) is 4.74 Å². The van der Waals surface area contributed by atoms with Crippen LogP contribution in [0.25, 0.3) is 0 Å². The standard InChI is InChI=1S/C19H21NO3/c1-3-15-9-11-17(12-10-15)20-19(22)14(2)23-18(21)13-16-7-5-4-6-8-16/h4-12,14H,3,13H2,1-2H3,(H,20,22)/t14-/m1/s1. The third kappa shape index (κ3) is 5.25. The van der Waals surface area contributed by atoms with Gasteiger partial charge in [0, 0.05) is 5.69 Å². The average molecular weight is 311 g/mol. The number of ether oxygens (including phenoxy) is 1. The molecule has 2 aromatic rings. The fourth-order valence-corrected chi connectivity index (χ4v) is 2.12. The first kappa shape index (κ1) is 16.7. The van der Waals surface area contributed by atoms with Crippen molar-refractivity contribution in [1.29, 1.82) is 0 Å². The van der Waals surface area contributed by atoms with Gasteiger partial charge in [0.2, 0.25) is 0 Å². The van der Waals surface area contributed by atoms with E-state index in [9.17, 15) is 9.59 Å². The number of aryl methyl sites for hydroxylation is 1. The van der Waals surface area contributed by atoms with Crippen molar-refractivity contribution in [2.45, 2.75) is 32.8 Å². The van der Waals surface area contributed by atoms with E-state index in [1.807, 2.05) is 54.6 Å². The molecule has 4 heteroatoms. The Kier molecular flexibility index (Phi) is 5.92. The van der Waals surface area contributed by atoms with Crippen LogP contribution in [-0.4, -0.2) is 18.0 Å². The zero-order chi connectivity index (χ0) is 16.7. The van der Waals surface area contributed by atoms with Gasteiger partial charge >= 0.3 is 5.97 Å². The summed E-state index contributed by atoms with van der Waals surface area (Å²) in [7, 11) is 0. The first-order chi connectivity index (χ1) is 11.1. The fourth-order valence-electron chi connectivity index (χ4n) is 2.12. The molecule has 4 nitrogen and oxygen atoms in total. The number of amides is 1. The highest BCUT2D eigenvalue weighted by Gasteiger charge is 2.18. The van der Waals surface area contributed by atoms with E-state index in [0.717, 1.165) is 12.0 Å². The molecule has 0 aliphatic heterocycles. The molecule has 0 aliphatic rings. The Bertz CT molecular complexity index is 650. The van der Waals surface area contributed by atoms with Gasteiger partial charge in [0.15, 0.2) is 6.10 Å². The second kappa shape index (κ2) is 8.13. The van der Waals surface area contributed by atoms with Crippen molar-refractivity contribution in [3.63, 3.8) is 0 Å². The molecular weight excluding hydrogens is 290 g/mol. The highest BCUT2D eigenvalue weighted by atomic mass is 16.5. The van der Waals surface area contributed by atoms with Crippen molar-refractivity contribution in [3.05, 3.63) is 65.7 Å². The topological polar surface area (TPSA) is 55.4 Å². The monoisotopic (exact) mass is 311 g/mol. The lowest BCUT2D eigenvalue weighted by atomic mass is 10.1. The van der Waals surface area contributed by atoms with Crippen molar-refractivity contribution in [3.8, 4) is 0 Å². The van der Waals surface area contributed by atoms with Crippen molar-refractivity contribution in [2.75, 3.05) is 5.32 Å². The lowest BCUT2D eigenvalue weighted by Crippen LogP contribution is -2.30. The predicted molar refractivity (Wildman–Crippen MR) is 90.1 cm³/mol. The molecule has 2 aromatic carbocycles. The van der Waals surface area contributed by atoms with Crippen LogP contribution in [0, 0.1) is 0 Å². The number of hydrogen-bond acceptors (Lipinski definition) is 3. The van der Waals surface area contributed by atoms with E-state index in [1.165, 1.54) is 5.56 Å². The number of benzene rings is 2. The van der Waals surface area contributed by atoms with Gasteiger partial charge < -0.3 is 10.1 Å². The Balaban J connectivity index is 1.85. The fraction of sp³-hybridized carbons (Fsp3) is 0.263. The Labute approximate surface area is 136 Å². The minimum atomic E-state index is -0.836. The number of carbonyl (C=O) groups excluding carboxylic acids is 2. The first-order valence-electron chi connectivity index (χ1n) is 7.71. The minimum Gasteiger partial charge on any atom is -0.452 e. The van der Waals surface area contributed by atoms with Crippen molar-refractivity contribution in [2.24, 2.45) is 0 Å². The van der Waals surface area contributed by atoms with Crippen LogP contribution >= 0.6 is 0 Å². The summed E-state index contributed by atoms with van der Waals surface area (Å²) in [5.74, 6) is -0.754. The number of hydrogen-bond donors (Lipinski definition) is 1. The second-order valence-electron chi connectivity index (χ2n) is 5.33. The van der Waals surface area contributed by atoms with Gasteiger partial charge in [0.1, 0.15) is 0 Å². The molecule has 1 atom stereocenters. The zero-order valence-electron chi connectivity index (χ0n) is 13.4. The number of nitrogens with one attached hydrogen (secondary N) is 1. The van der Waals surface area contributed by atoms with E-state index in [-0.39, 0.29) is 12.3 Å². The molecule has 0 heterocycles. The summed E-state index contributed by atoms with van der Waals surface area (Å²) in [6.07, 6.45) is 0.267. The Hall–Kier alpha value is -2.62. The van der Waals surface area contributed by atoms with Crippen molar-refractivity contribution >= 4 is 17.6 Å². The second-order valence-corrected chi connectivity index (χ2v) is 5.33. The summed E-state index contributed by atoms with van der Waals surface area (Å²) in [5, 5.41) is 2.75. The summed E-state index contributed by atoms with van der Waals surface area (Å²) >= 11 is 0. The molecule has 0 bridgehead atoms. The van der Waals surface area contributed by atoms with Gasteiger partial charge in [-0.05, 0) is 36.6 Å². The molecule has 1 N–H and O–H groups in total. The molecule has 0 unspecified atom stereocenters. The lowest BCUT2D eigenvalue weighted by Gasteiger charge is -2.14. The molecule has 120 valence electrons. The Morgan fingerprint density at radius 3 is 2.26 bits per heavy atom. The Morgan fingerprint density at radius 2 is 1.65 bits per heavy atom. The van der Waals surface area contributed by atoms with Crippen LogP contribution < -0.4 is 5.32 Å². The van der Waals surface area contributed by atoms with Gasteiger partial charge in [-0.25, -0.2) is 0 Å². The predicted octanol–water partition coefficient (Wildman–Crippen LogP) is 3.36. The summed E-state index contributed by atoms with van der Waals surface area (Å²) in [5.41, 5.74) is 2.75. The van der Waals surface area contributed by atoms with E-state index < -0.39 is 12.1 Å². The molecule has 1 amide bonds. The van der Waals surface area contributed by atoms with Crippen molar-refractivity contribution in [1.82, 2.24) is 0 Å². The maximum atomic E-state index is 12.1.